The highest BCUT2D eigenvalue weighted by atomic mass is 79.9. The van der Waals surface area contributed by atoms with Crippen LogP contribution in [0.3, 0.4) is 0 Å². The van der Waals surface area contributed by atoms with E-state index < -0.39 is 0 Å². The smallest absolute Gasteiger partial charge is 0.0622 e. The van der Waals surface area contributed by atoms with Gasteiger partial charge in [-0.1, -0.05) is 107 Å². The molecule has 0 radical (unpaired) electrons. The van der Waals surface area contributed by atoms with Gasteiger partial charge >= 0.3 is 0 Å². The van der Waals surface area contributed by atoms with Crippen molar-refractivity contribution in [1.82, 2.24) is 0 Å². The van der Waals surface area contributed by atoms with Crippen LogP contribution < -0.4 is 0 Å². The second kappa shape index (κ2) is 5.96. The van der Waals surface area contributed by atoms with Crippen LogP contribution in [0.2, 0.25) is 0 Å². The number of benzene rings is 4. The molecule has 0 atom stereocenters. The monoisotopic (exact) mass is 396 g/mol. The molecule has 5 rings (SSSR count). The molecule has 0 bridgehead atoms. The van der Waals surface area contributed by atoms with Crippen molar-refractivity contribution in [2.24, 2.45) is 0 Å². The lowest BCUT2D eigenvalue weighted by Crippen LogP contribution is -2.28. The second-order valence-corrected chi connectivity index (χ2v) is 7.63. The SMILES string of the molecule is Brc1ccc2c(c1)C(c1ccccc1)(c1ccccc1)c1ccccc1-2. The van der Waals surface area contributed by atoms with E-state index in [2.05, 4.69) is 119 Å². The first-order valence-electron chi connectivity index (χ1n) is 8.83. The molecule has 0 heterocycles. The van der Waals surface area contributed by atoms with Crippen LogP contribution in [-0.4, -0.2) is 0 Å². The van der Waals surface area contributed by atoms with E-state index >= 15 is 0 Å². The molecule has 0 nitrogen and oxygen atoms in total. The number of hydrogen-bond donors (Lipinski definition) is 0. The third-order valence-electron chi connectivity index (χ3n) is 5.42. The Morgan fingerprint density at radius 3 is 1.69 bits per heavy atom. The van der Waals surface area contributed by atoms with Gasteiger partial charge in [-0.3, -0.25) is 0 Å². The van der Waals surface area contributed by atoms with Crippen molar-refractivity contribution < 1.29 is 0 Å². The molecule has 1 heteroatoms. The molecule has 0 N–H and O–H groups in total. The van der Waals surface area contributed by atoms with Crippen molar-refractivity contribution in [3.05, 3.63) is 130 Å². The van der Waals surface area contributed by atoms with Gasteiger partial charge in [0.2, 0.25) is 0 Å². The van der Waals surface area contributed by atoms with E-state index in [9.17, 15) is 0 Å². The first kappa shape index (κ1) is 15.6. The third-order valence-corrected chi connectivity index (χ3v) is 5.91. The summed E-state index contributed by atoms with van der Waals surface area (Å²) in [5, 5.41) is 0. The highest BCUT2D eigenvalue weighted by Gasteiger charge is 2.45. The average molecular weight is 397 g/mol. The van der Waals surface area contributed by atoms with Gasteiger partial charge in [-0.05, 0) is 45.5 Å². The van der Waals surface area contributed by atoms with E-state index in [1.54, 1.807) is 0 Å². The molecule has 0 saturated carbocycles. The van der Waals surface area contributed by atoms with Gasteiger partial charge in [-0.25, -0.2) is 0 Å². The van der Waals surface area contributed by atoms with Gasteiger partial charge in [-0.15, -0.1) is 0 Å². The highest BCUT2D eigenvalue weighted by Crippen LogP contribution is 2.56. The van der Waals surface area contributed by atoms with Crippen molar-refractivity contribution in [2.75, 3.05) is 0 Å². The fraction of sp³-hybridized carbons (Fsp3) is 0.0400. The van der Waals surface area contributed by atoms with E-state index in [0.717, 1.165) is 4.47 Å². The minimum Gasteiger partial charge on any atom is -0.0622 e. The molecular formula is C25H17Br. The van der Waals surface area contributed by atoms with Crippen LogP contribution in [-0.2, 0) is 5.41 Å². The van der Waals surface area contributed by atoms with Crippen molar-refractivity contribution in [2.45, 2.75) is 5.41 Å². The van der Waals surface area contributed by atoms with E-state index in [0.29, 0.717) is 0 Å². The van der Waals surface area contributed by atoms with Crippen LogP contribution in [0.4, 0.5) is 0 Å². The Hall–Kier alpha value is -2.64. The van der Waals surface area contributed by atoms with Crippen LogP contribution >= 0.6 is 15.9 Å². The van der Waals surface area contributed by atoms with Crippen molar-refractivity contribution in [3.63, 3.8) is 0 Å². The van der Waals surface area contributed by atoms with Gasteiger partial charge in [0.05, 0.1) is 5.41 Å². The Morgan fingerprint density at radius 1 is 0.500 bits per heavy atom. The predicted octanol–water partition coefficient (Wildman–Crippen LogP) is 6.81. The van der Waals surface area contributed by atoms with E-state index in [1.807, 2.05) is 0 Å². The Kier molecular flexibility index (Phi) is 3.58. The summed E-state index contributed by atoms with van der Waals surface area (Å²) in [4.78, 5) is 0. The molecular weight excluding hydrogens is 380 g/mol. The predicted molar refractivity (Wildman–Crippen MR) is 111 cm³/mol. The molecule has 0 aromatic heterocycles. The molecule has 1 aliphatic carbocycles. The van der Waals surface area contributed by atoms with Crippen molar-refractivity contribution >= 4 is 15.9 Å². The molecule has 0 amide bonds. The van der Waals surface area contributed by atoms with Gasteiger partial charge < -0.3 is 0 Å². The van der Waals surface area contributed by atoms with E-state index in [4.69, 9.17) is 0 Å². The molecule has 0 fully saturated rings. The first-order valence-corrected chi connectivity index (χ1v) is 9.62. The summed E-state index contributed by atoms with van der Waals surface area (Å²) in [5.41, 5.74) is 7.64. The summed E-state index contributed by atoms with van der Waals surface area (Å²) in [5.74, 6) is 0. The van der Waals surface area contributed by atoms with Crippen LogP contribution in [0.15, 0.2) is 108 Å². The summed E-state index contributed by atoms with van der Waals surface area (Å²) >= 11 is 3.71. The van der Waals surface area contributed by atoms with Crippen molar-refractivity contribution in [1.29, 1.82) is 0 Å². The fourth-order valence-electron chi connectivity index (χ4n) is 4.42. The lowest BCUT2D eigenvalue weighted by molar-refractivity contribution is 0.768. The Balaban J connectivity index is 1.99. The lowest BCUT2D eigenvalue weighted by atomic mass is 9.68. The van der Waals surface area contributed by atoms with Crippen molar-refractivity contribution in [3.8, 4) is 11.1 Å². The Morgan fingerprint density at radius 2 is 1.04 bits per heavy atom. The molecule has 124 valence electrons. The summed E-state index contributed by atoms with van der Waals surface area (Å²) in [6, 6.07) is 37.2. The topological polar surface area (TPSA) is 0 Å². The Bertz CT molecular complexity index is 1040. The molecule has 4 aromatic rings. The summed E-state index contributed by atoms with van der Waals surface area (Å²) in [7, 11) is 0. The van der Waals surface area contributed by atoms with Gasteiger partial charge in [0.15, 0.2) is 0 Å². The molecule has 26 heavy (non-hydrogen) atoms. The fourth-order valence-corrected chi connectivity index (χ4v) is 4.78. The Labute approximate surface area is 162 Å². The normalized spacial score (nSPS) is 13.9. The largest absolute Gasteiger partial charge is 0.0713 e. The van der Waals surface area contributed by atoms with Crippen LogP contribution in [0, 0.1) is 0 Å². The first-order chi connectivity index (χ1) is 12.8. The molecule has 0 unspecified atom stereocenters. The maximum absolute atomic E-state index is 3.71. The summed E-state index contributed by atoms with van der Waals surface area (Å²) in [6.45, 7) is 0. The summed E-state index contributed by atoms with van der Waals surface area (Å²) < 4.78 is 1.11. The molecule has 0 spiro atoms. The minimum absolute atomic E-state index is 0.293. The molecule has 0 aliphatic heterocycles. The minimum atomic E-state index is -0.293. The van der Waals surface area contributed by atoms with Crippen LogP contribution in [0.25, 0.3) is 11.1 Å². The van der Waals surface area contributed by atoms with E-state index in [1.165, 1.54) is 33.4 Å². The van der Waals surface area contributed by atoms with Crippen LogP contribution in [0.5, 0.6) is 0 Å². The highest BCUT2D eigenvalue weighted by molar-refractivity contribution is 9.10. The van der Waals surface area contributed by atoms with Crippen LogP contribution in [0.1, 0.15) is 22.3 Å². The number of hydrogen-bond acceptors (Lipinski definition) is 0. The number of rotatable bonds is 2. The molecule has 4 aromatic carbocycles. The number of fused-ring (bicyclic) bond motifs is 3. The third kappa shape index (κ3) is 2.07. The zero-order valence-electron chi connectivity index (χ0n) is 14.2. The summed E-state index contributed by atoms with van der Waals surface area (Å²) in [6.07, 6.45) is 0. The quantitative estimate of drug-likeness (QED) is 0.307. The van der Waals surface area contributed by atoms with Gasteiger partial charge in [-0.2, -0.15) is 0 Å². The zero-order chi connectivity index (χ0) is 17.6. The van der Waals surface area contributed by atoms with E-state index in [-0.39, 0.29) is 5.41 Å². The number of halogens is 1. The molecule has 0 saturated heterocycles. The van der Waals surface area contributed by atoms with Gasteiger partial charge in [0, 0.05) is 4.47 Å². The lowest BCUT2D eigenvalue weighted by Gasteiger charge is -2.33. The maximum atomic E-state index is 3.71. The molecule has 1 aliphatic rings. The standard InChI is InChI=1S/C25H17Br/c26-20-15-16-22-21-13-7-8-14-23(21)25(24(22)17-20,18-9-3-1-4-10-18)19-11-5-2-6-12-19/h1-17H. The zero-order valence-corrected chi connectivity index (χ0v) is 15.8. The maximum Gasteiger partial charge on any atom is 0.0713 e. The van der Waals surface area contributed by atoms with Gasteiger partial charge in [0.25, 0.3) is 0 Å². The second-order valence-electron chi connectivity index (χ2n) is 6.72. The van der Waals surface area contributed by atoms with Gasteiger partial charge in [0.1, 0.15) is 0 Å². The average Bonchev–Trinajstić information content (AvgIpc) is 3.00.